The van der Waals surface area contributed by atoms with Gasteiger partial charge in [-0.2, -0.15) is 0 Å². The van der Waals surface area contributed by atoms with E-state index in [9.17, 15) is 14.7 Å². The van der Waals surface area contributed by atoms with Crippen LogP contribution in [0.5, 0.6) is 0 Å². The zero-order valence-electron chi connectivity index (χ0n) is 12.3. The Balaban J connectivity index is 1.58. The van der Waals surface area contributed by atoms with Crippen molar-refractivity contribution in [2.24, 2.45) is 23.2 Å². The van der Waals surface area contributed by atoms with Gasteiger partial charge in [-0.25, -0.2) is 4.79 Å². The summed E-state index contributed by atoms with van der Waals surface area (Å²) in [5.41, 5.74) is 0.0214. The largest absolute Gasteiger partial charge is 0.481 e. The molecule has 0 aromatic rings. The van der Waals surface area contributed by atoms with Crippen LogP contribution in [0.4, 0.5) is 4.79 Å². The first-order valence-electron chi connectivity index (χ1n) is 7.84. The van der Waals surface area contributed by atoms with Crippen LogP contribution in [-0.4, -0.2) is 41.8 Å². The maximum atomic E-state index is 11.8. The Kier molecular flexibility index (Phi) is 3.68. The first-order chi connectivity index (χ1) is 10.1. The normalized spacial score (nSPS) is 35.1. The molecule has 3 saturated carbocycles. The van der Waals surface area contributed by atoms with Gasteiger partial charge in [0.2, 0.25) is 0 Å². The lowest BCUT2D eigenvalue weighted by molar-refractivity contribution is -0.161. The molecule has 0 radical (unpaired) electrons. The van der Waals surface area contributed by atoms with E-state index in [-0.39, 0.29) is 24.0 Å². The topological polar surface area (TPSA) is 66.8 Å². The van der Waals surface area contributed by atoms with Gasteiger partial charge in [-0.1, -0.05) is 12.7 Å². The third-order valence-corrected chi connectivity index (χ3v) is 5.87. The number of rotatable bonds is 4. The third kappa shape index (κ3) is 2.23. The van der Waals surface area contributed by atoms with Crippen molar-refractivity contribution in [3.63, 3.8) is 0 Å². The van der Waals surface area contributed by atoms with Gasteiger partial charge in [-0.3, -0.25) is 4.79 Å². The molecule has 1 heterocycles. The van der Waals surface area contributed by atoms with E-state index < -0.39 is 5.97 Å². The predicted octanol–water partition coefficient (Wildman–Crippen LogP) is 2.52. The van der Waals surface area contributed by atoms with Gasteiger partial charge in [0.05, 0.1) is 5.92 Å². The molecule has 21 heavy (non-hydrogen) atoms. The number of aliphatic carboxylic acids is 1. The van der Waals surface area contributed by atoms with Crippen LogP contribution in [0.3, 0.4) is 0 Å². The summed E-state index contributed by atoms with van der Waals surface area (Å²) in [5, 5.41) is 9.45. The molecule has 5 heteroatoms. The summed E-state index contributed by atoms with van der Waals surface area (Å²) in [6.07, 6.45) is 6.29. The molecule has 1 aliphatic heterocycles. The summed E-state index contributed by atoms with van der Waals surface area (Å²) >= 11 is 0. The van der Waals surface area contributed by atoms with Crippen LogP contribution in [0.2, 0.25) is 0 Å². The van der Waals surface area contributed by atoms with Crippen molar-refractivity contribution in [3.05, 3.63) is 12.7 Å². The smallest absolute Gasteiger partial charge is 0.410 e. The van der Waals surface area contributed by atoms with E-state index in [0.717, 1.165) is 32.1 Å². The second kappa shape index (κ2) is 5.35. The minimum Gasteiger partial charge on any atom is -0.481 e. The maximum Gasteiger partial charge on any atom is 0.410 e. The SMILES string of the molecule is C=CCOC(=O)N1CCC(C23CCC(C2)C3C(=O)O)CC1. The van der Waals surface area contributed by atoms with E-state index in [1.165, 1.54) is 0 Å². The highest BCUT2D eigenvalue weighted by Gasteiger charge is 2.65. The summed E-state index contributed by atoms with van der Waals surface area (Å²) in [6.45, 7) is 5.13. The van der Waals surface area contributed by atoms with Crippen molar-refractivity contribution in [3.8, 4) is 0 Å². The van der Waals surface area contributed by atoms with Gasteiger partial charge in [-0.15, -0.1) is 0 Å². The van der Waals surface area contributed by atoms with Gasteiger partial charge >= 0.3 is 12.1 Å². The molecular formula is C16H23NO4. The number of amides is 1. The van der Waals surface area contributed by atoms with Gasteiger partial charge in [0.25, 0.3) is 0 Å². The minimum atomic E-state index is -0.614. The summed E-state index contributed by atoms with van der Waals surface area (Å²) in [5.74, 6) is 0.0947. The molecule has 4 fully saturated rings. The number of carboxylic acid groups (broad SMARTS) is 1. The molecular weight excluding hydrogens is 270 g/mol. The Morgan fingerprint density at radius 3 is 2.62 bits per heavy atom. The Morgan fingerprint density at radius 1 is 1.33 bits per heavy atom. The van der Waals surface area contributed by atoms with E-state index in [4.69, 9.17) is 4.74 Å². The highest BCUT2D eigenvalue weighted by molar-refractivity contribution is 5.74. The molecule has 3 unspecified atom stereocenters. The predicted molar refractivity (Wildman–Crippen MR) is 76.7 cm³/mol. The molecule has 3 aliphatic carbocycles. The van der Waals surface area contributed by atoms with E-state index in [1.54, 1.807) is 11.0 Å². The average Bonchev–Trinajstić information content (AvgIpc) is 3.04. The zero-order valence-corrected chi connectivity index (χ0v) is 12.3. The lowest BCUT2D eigenvalue weighted by Crippen LogP contribution is -2.53. The molecule has 1 amide bonds. The summed E-state index contributed by atoms with van der Waals surface area (Å²) in [7, 11) is 0. The highest BCUT2D eigenvalue weighted by atomic mass is 16.6. The van der Waals surface area contributed by atoms with Gasteiger partial charge in [0.15, 0.2) is 0 Å². The molecule has 3 atom stereocenters. The van der Waals surface area contributed by atoms with Crippen molar-refractivity contribution in [2.45, 2.75) is 32.1 Å². The number of ether oxygens (including phenoxy) is 1. The first kappa shape index (κ1) is 14.4. The van der Waals surface area contributed by atoms with E-state index in [2.05, 4.69) is 6.58 Å². The standard InChI is InChI=1S/C16H23NO4/c1-2-9-21-15(20)17-7-4-12(5-8-17)16-6-3-11(10-16)13(16)14(18)19/h2,11-13H,1,3-10H2,(H,18,19). The molecule has 0 aromatic carbocycles. The number of carbonyl (C=O) groups excluding carboxylic acids is 1. The molecule has 5 nitrogen and oxygen atoms in total. The molecule has 0 spiro atoms. The number of nitrogens with zero attached hydrogens (tertiary/aromatic N) is 1. The minimum absolute atomic E-state index is 0.0214. The highest BCUT2D eigenvalue weighted by Crippen LogP contribution is 2.68. The molecule has 4 rings (SSSR count). The first-order valence-corrected chi connectivity index (χ1v) is 7.84. The number of hydrogen-bond acceptors (Lipinski definition) is 3. The Morgan fingerprint density at radius 2 is 2.05 bits per heavy atom. The van der Waals surface area contributed by atoms with Crippen molar-refractivity contribution >= 4 is 12.1 Å². The van der Waals surface area contributed by atoms with Crippen LogP contribution in [0.25, 0.3) is 0 Å². The second-order valence-corrected chi connectivity index (χ2v) is 6.68. The Hall–Kier alpha value is -1.52. The molecule has 116 valence electrons. The molecule has 0 aromatic heterocycles. The van der Waals surface area contributed by atoms with E-state index in [0.29, 0.717) is 24.9 Å². The van der Waals surface area contributed by atoms with Crippen molar-refractivity contribution < 1.29 is 19.4 Å². The summed E-state index contributed by atoms with van der Waals surface area (Å²) < 4.78 is 5.06. The molecule has 2 bridgehead atoms. The quantitative estimate of drug-likeness (QED) is 0.809. The van der Waals surface area contributed by atoms with Crippen LogP contribution in [0.15, 0.2) is 12.7 Å². The van der Waals surface area contributed by atoms with Crippen LogP contribution >= 0.6 is 0 Å². The van der Waals surface area contributed by atoms with Gasteiger partial charge in [0, 0.05) is 13.1 Å². The van der Waals surface area contributed by atoms with Gasteiger partial charge in [0.1, 0.15) is 6.61 Å². The fraction of sp³-hybridized carbons (Fsp3) is 0.750. The van der Waals surface area contributed by atoms with Crippen molar-refractivity contribution in [1.82, 2.24) is 4.90 Å². The number of carboxylic acids is 1. The van der Waals surface area contributed by atoms with Gasteiger partial charge < -0.3 is 14.7 Å². The summed E-state index contributed by atoms with van der Waals surface area (Å²) in [6, 6.07) is 0. The van der Waals surface area contributed by atoms with Crippen LogP contribution in [0, 0.1) is 23.2 Å². The molecule has 1 N–H and O–H groups in total. The monoisotopic (exact) mass is 293 g/mol. The van der Waals surface area contributed by atoms with Crippen LogP contribution in [-0.2, 0) is 9.53 Å². The number of hydrogen-bond donors (Lipinski definition) is 1. The maximum absolute atomic E-state index is 11.8. The number of carbonyl (C=O) groups is 2. The fourth-order valence-corrected chi connectivity index (χ4v) is 4.95. The number of fused-ring (bicyclic) bond motifs is 1. The average molecular weight is 293 g/mol. The van der Waals surface area contributed by atoms with E-state index >= 15 is 0 Å². The second-order valence-electron chi connectivity index (χ2n) is 6.68. The third-order valence-electron chi connectivity index (χ3n) is 5.87. The Bertz CT molecular complexity index is 451. The van der Waals surface area contributed by atoms with Crippen molar-refractivity contribution in [2.75, 3.05) is 19.7 Å². The molecule has 1 saturated heterocycles. The van der Waals surface area contributed by atoms with Crippen LogP contribution < -0.4 is 0 Å². The summed E-state index contributed by atoms with van der Waals surface area (Å²) in [4.78, 5) is 25.0. The van der Waals surface area contributed by atoms with Crippen LogP contribution in [0.1, 0.15) is 32.1 Å². The lowest BCUT2D eigenvalue weighted by atomic mass is 9.53. The van der Waals surface area contributed by atoms with Gasteiger partial charge in [-0.05, 0) is 49.4 Å². The van der Waals surface area contributed by atoms with Crippen molar-refractivity contribution in [1.29, 1.82) is 0 Å². The Labute approximate surface area is 124 Å². The number of likely N-dealkylation sites (tertiary alicyclic amines) is 1. The zero-order chi connectivity index (χ0) is 15.0. The lowest BCUT2D eigenvalue weighted by Gasteiger charge is -2.52. The number of piperidine rings is 1. The molecule has 4 aliphatic rings. The fourth-order valence-electron chi connectivity index (χ4n) is 4.95. The van der Waals surface area contributed by atoms with E-state index in [1.807, 2.05) is 0 Å².